The quantitative estimate of drug-likeness (QED) is 0.449. The second kappa shape index (κ2) is 10.8. The monoisotopic (exact) mass is 444 g/mol. The third kappa shape index (κ3) is 6.33. The third-order valence-corrected chi connectivity index (χ3v) is 5.89. The van der Waals surface area contributed by atoms with Crippen LogP contribution >= 0.6 is 23.1 Å². The molecule has 0 saturated heterocycles. The van der Waals surface area contributed by atoms with Gasteiger partial charge in [0.2, 0.25) is 5.91 Å². The summed E-state index contributed by atoms with van der Waals surface area (Å²) in [7, 11) is 3.14. The van der Waals surface area contributed by atoms with Crippen molar-refractivity contribution in [2.75, 3.05) is 19.5 Å². The molecule has 0 fully saturated rings. The summed E-state index contributed by atoms with van der Waals surface area (Å²) >= 11 is 3.07. The van der Waals surface area contributed by atoms with Crippen molar-refractivity contribution in [3.8, 4) is 11.5 Å². The minimum atomic E-state index is -0.260. The molecule has 0 saturated carbocycles. The maximum absolute atomic E-state index is 12.9. The number of amides is 1. The van der Waals surface area contributed by atoms with E-state index in [9.17, 15) is 9.18 Å². The molecule has 1 N–H and O–H groups in total. The Kier molecular flexibility index (Phi) is 7.87. The molecule has 0 bridgehead atoms. The van der Waals surface area contributed by atoms with Gasteiger partial charge in [-0.05, 0) is 41.5 Å². The highest BCUT2D eigenvalue weighted by atomic mass is 32.2. The Bertz CT molecular complexity index is 1020. The molecule has 0 unspecified atom stereocenters. The van der Waals surface area contributed by atoms with Crippen LogP contribution in [0.3, 0.4) is 0 Å². The van der Waals surface area contributed by atoms with E-state index < -0.39 is 0 Å². The zero-order valence-electron chi connectivity index (χ0n) is 16.6. The molecule has 30 heavy (non-hydrogen) atoms. The van der Waals surface area contributed by atoms with Gasteiger partial charge in [-0.15, -0.1) is 11.3 Å². The maximum Gasteiger partial charge on any atom is 0.250 e. The number of nitrogens with one attached hydrogen (secondary N) is 1. The van der Waals surface area contributed by atoms with E-state index in [4.69, 9.17) is 9.47 Å². The molecule has 0 atom stereocenters. The molecule has 3 aromatic rings. The molecular formula is C22H21FN2O3S2. The molecule has 8 heteroatoms. The van der Waals surface area contributed by atoms with Gasteiger partial charge in [-0.2, -0.15) is 11.8 Å². The molecule has 1 aromatic heterocycles. The summed E-state index contributed by atoms with van der Waals surface area (Å²) in [6.45, 7) is 0. The zero-order chi connectivity index (χ0) is 21.3. The number of hydrogen-bond acceptors (Lipinski definition) is 6. The van der Waals surface area contributed by atoms with E-state index in [0.717, 1.165) is 22.6 Å². The van der Waals surface area contributed by atoms with Crippen molar-refractivity contribution in [3.63, 3.8) is 0 Å². The number of nitrogens with zero attached hydrogens (tertiary/aromatic N) is 1. The van der Waals surface area contributed by atoms with Gasteiger partial charge in [-0.25, -0.2) is 9.37 Å². The summed E-state index contributed by atoms with van der Waals surface area (Å²) in [5, 5.41) is 5.25. The molecular weight excluding hydrogens is 423 g/mol. The molecule has 156 valence electrons. The van der Waals surface area contributed by atoms with Gasteiger partial charge in [0, 0.05) is 23.0 Å². The van der Waals surface area contributed by atoms with E-state index in [1.54, 1.807) is 56.3 Å². The van der Waals surface area contributed by atoms with E-state index in [0.29, 0.717) is 22.4 Å². The van der Waals surface area contributed by atoms with Crippen molar-refractivity contribution in [1.82, 2.24) is 4.98 Å². The topological polar surface area (TPSA) is 60.5 Å². The van der Waals surface area contributed by atoms with Crippen LogP contribution in [0.2, 0.25) is 0 Å². The van der Waals surface area contributed by atoms with Gasteiger partial charge >= 0.3 is 0 Å². The summed E-state index contributed by atoms with van der Waals surface area (Å²) < 4.78 is 23.4. The molecule has 0 aliphatic carbocycles. The smallest absolute Gasteiger partial charge is 0.250 e. The first-order valence-corrected chi connectivity index (χ1v) is 11.1. The Hall–Kier alpha value is -2.84. The second-order valence-corrected chi connectivity index (χ2v) is 8.04. The fourth-order valence-electron chi connectivity index (χ4n) is 2.56. The van der Waals surface area contributed by atoms with Crippen LogP contribution in [0.5, 0.6) is 11.5 Å². The number of halogens is 1. The highest BCUT2D eigenvalue weighted by Gasteiger charge is 2.06. The molecule has 2 aromatic carbocycles. The lowest BCUT2D eigenvalue weighted by molar-refractivity contribution is -0.111. The van der Waals surface area contributed by atoms with Crippen LogP contribution in [0.15, 0.2) is 53.9 Å². The first-order chi connectivity index (χ1) is 14.6. The predicted octanol–water partition coefficient (Wildman–Crippen LogP) is 5.38. The first kappa shape index (κ1) is 21.9. The van der Waals surface area contributed by atoms with Crippen molar-refractivity contribution in [3.05, 3.63) is 76.6 Å². The summed E-state index contributed by atoms with van der Waals surface area (Å²) in [5.74, 6) is 2.22. The molecule has 0 aliphatic rings. The minimum absolute atomic E-state index is 0.233. The van der Waals surface area contributed by atoms with E-state index in [1.807, 2.05) is 11.4 Å². The van der Waals surface area contributed by atoms with Gasteiger partial charge < -0.3 is 9.47 Å². The van der Waals surface area contributed by atoms with Gasteiger partial charge in [0.1, 0.15) is 5.82 Å². The lowest BCUT2D eigenvalue weighted by atomic mass is 10.2. The number of thiazole rings is 1. The van der Waals surface area contributed by atoms with Crippen molar-refractivity contribution in [1.29, 1.82) is 0 Å². The van der Waals surface area contributed by atoms with E-state index in [-0.39, 0.29) is 11.7 Å². The van der Waals surface area contributed by atoms with Crippen molar-refractivity contribution in [2.45, 2.75) is 11.5 Å². The fourth-order valence-corrected chi connectivity index (χ4v) is 4.27. The van der Waals surface area contributed by atoms with E-state index in [1.165, 1.54) is 29.5 Å². The molecule has 5 nitrogen and oxygen atoms in total. The number of rotatable bonds is 9. The largest absolute Gasteiger partial charge is 0.493 e. The van der Waals surface area contributed by atoms with Gasteiger partial charge in [-0.3, -0.25) is 10.1 Å². The number of carbonyl (C=O) groups excluding carboxylic acids is 1. The Labute approximate surface area is 182 Å². The molecule has 1 amide bonds. The lowest BCUT2D eigenvalue weighted by Gasteiger charge is -2.07. The van der Waals surface area contributed by atoms with Crippen LogP contribution in [0, 0.1) is 5.82 Å². The van der Waals surface area contributed by atoms with Crippen LogP contribution in [0.4, 0.5) is 9.52 Å². The van der Waals surface area contributed by atoms with Crippen LogP contribution in [-0.2, 0) is 16.3 Å². The van der Waals surface area contributed by atoms with E-state index in [2.05, 4.69) is 10.3 Å². The highest BCUT2D eigenvalue weighted by Crippen LogP contribution is 2.28. The third-order valence-electron chi connectivity index (χ3n) is 4.05. The lowest BCUT2D eigenvalue weighted by Crippen LogP contribution is -2.07. The van der Waals surface area contributed by atoms with Crippen LogP contribution in [0.25, 0.3) is 6.08 Å². The van der Waals surface area contributed by atoms with Gasteiger partial charge in [0.15, 0.2) is 16.6 Å². The number of hydrogen-bond donors (Lipinski definition) is 1. The van der Waals surface area contributed by atoms with Gasteiger partial charge in [0.25, 0.3) is 0 Å². The molecule has 1 heterocycles. The zero-order valence-corrected chi connectivity index (χ0v) is 18.2. The summed E-state index contributed by atoms with van der Waals surface area (Å²) in [5.41, 5.74) is 2.77. The Balaban J connectivity index is 1.49. The standard InChI is InChI=1S/C22H21FN2O3S2/c1-27-19-9-5-15(11-20(19)28-2)6-10-21(26)25-22-24-18(14-30-22)13-29-12-16-3-7-17(23)8-4-16/h3-11,14H,12-13H2,1-2H3,(H,24,25,26)/b10-6+. The van der Waals surface area contributed by atoms with Gasteiger partial charge in [0.05, 0.1) is 19.9 Å². The fraction of sp³-hybridized carbons (Fsp3) is 0.182. The Morgan fingerprint density at radius 1 is 1.13 bits per heavy atom. The molecule has 0 spiro atoms. The van der Waals surface area contributed by atoms with E-state index >= 15 is 0 Å². The molecule has 0 radical (unpaired) electrons. The second-order valence-electron chi connectivity index (χ2n) is 6.20. The maximum atomic E-state index is 12.9. The van der Waals surface area contributed by atoms with Crippen molar-refractivity contribution >= 4 is 40.2 Å². The Morgan fingerprint density at radius 3 is 2.63 bits per heavy atom. The summed E-state index contributed by atoms with van der Waals surface area (Å²) in [6, 6.07) is 11.9. The van der Waals surface area contributed by atoms with Crippen LogP contribution in [-0.4, -0.2) is 25.1 Å². The normalized spacial score (nSPS) is 10.9. The predicted molar refractivity (Wildman–Crippen MR) is 121 cm³/mol. The number of aromatic nitrogens is 1. The first-order valence-electron chi connectivity index (χ1n) is 9.05. The number of thioether (sulfide) groups is 1. The molecule has 0 aliphatic heterocycles. The number of methoxy groups -OCH3 is 2. The van der Waals surface area contributed by atoms with Gasteiger partial charge in [-0.1, -0.05) is 18.2 Å². The SMILES string of the molecule is COc1ccc(/C=C/C(=O)Nc2nc(CSCc3ccc(F)cc3)cs2)cc1OC. The molecule has 3 rings (SSSR count). The Morgan fingerprint density at radius 2 is 1.90 bits per heavy atom. The number of carbonyl (C=O) groups is 1. The number of ether oxygens (including phenoxy) is 2. The highest BCUT2D eigenvalue weighted by molar-refractivity contribution is 7.97. The van der Waals surface area contributed by atoms with Crippen molar-refractivity contribution < 1.29 is 18.7 Å². The number of benzene rings is 2. The average molecular weight is 445 g/mol. The minimum Gasteiger partial charge on any atom is -0.493 e. The van der Waals surface area contributed by atoms with Crippen molar-refractivity contribution in [2.24, 2.45) is 0 Å². The van der Waals surface area contributed by atoms with Crippen LogP contribution in [0.1, 0.15) is 16.8 Å². The summed E-state index contributed by atoms with van der Waals surface area (Å²) in [6.07, 6.45) is 3.15. The van der Waals surface area contributed by atoms with Crippen LogP contribution < -0.4 is 14.8 Å². The summed E-state index contributed by atoms with van der Waals surface area (Å²) in [4.78, 5) is 16.6. The number of anilines is 1. The average Bonchev–Trinajstić information content (AvgIpc) is 3.20.